The predicted molar refractivity (Wildman–Crippen MR) is 88.4 cm³/mol. The third-order valence-electron chi connectivity index (χ3n) is 3.53. The van der Waals surface area contributed by atoms with Crippen molar-refractivity contribution >= 4 is 33.9 Å². The Kier molecular flexibility index (Phi) is 5.59. The number of carbonyl (C=O) groups is 2. The molecule has 1 aliphatic heterocycles. The molecule has 6 heteroatoms. The van der Waals surface area contributed by atoms with Crippen molar-refractivity contribution in [3.63, 3.8) is 0 Å². The number of halogens is 1. The van der Waals surface area contributed by atoms with Gasteiger partial charge in [0, 0.05) is 16.5 Å². The lowest BCUT2D eigenvalue weighted by Gasteiger charge is -2.24. The van der Waals surface area contributed by atoms with Crippen LogP contribution in [0.15, 0.2) is 34.3 Å². The summed E-state index contributed by atoms with van der Waals surface area (Å²) >= 11 is 3.35. The lowest BCUT2D eigenvalue weighted by Crippen LogP contribution is -2.39. The lowest BCUT2D eigenvalue weighted by molar-refractivity contribution is -0.168. The Morgan fingerprint density at radius 3 is 2.65 bits per heavy atom. The van der Waals surface area contributed by atoms with Gasteiger partial charge in [0.15, 0.2) is 5.60 Å². The molecule has 124 valence electrons. The molecule has 2 rings (SSSR count). The summed E-state index contributed by atoms with van der Waals surface area (Å²) in [5.74, 6) is -1.16. The summed E-state index contributed by atoms with van der Waals surface area (Å²) in [5.41, 5.74) is 0.109. The minimum absolute atomic E-state index is 0.149. The smallest absolute Gasteiger partial charge is 0.334 e. The molecule has 1 aromatic carbocycles. The second kappa shape index (κ2) is 7.27. The van der Waals surface area contributed by atoms with Gasteiger partial charge in [-0.1, -0.05) is 41.9 Å². The molecule has 0 aromatic heterocycles. The van der Waals surface area contributed by atoms with Crippen LogP contribution in [0.2, 0.25) is 0 Å². The predicted octanol–water partition coefficient (Wildman–Crippen LogP) is 2.71. The fourth-order valence-electron chi connectivity index (χ4n) is 2.17. The first kappa shape index (κ1) is 17.7. The van der Waals surface area contributed by atoms with Gasteiger partial charge in [0.25, 0.3) is 0 Å². The van der Waals surface area contributed by atoms with Crippen molar-refractivity contribution in [3.05, 3.63) is 39.9 Å². The molecule has 0 saturated carbocycles. The van der Waals surface area contributed by atoms with Crippen LogP contribution in [0.1, 0.15) is 25.8 Å². The van der Waals surface area contributed by atoms with E-state index in [0.29, 0.717) is 5.57 Å². The van der Waals surface area contributed by atoms with Crippen LogP contribution in [-0.2, 0) is 19.1 Å². The molecule has 1 fully saturated rings. The molecule has 1 N–H and O–H groups in total. The molecule has 1 aliphatic rings. The third-order valence-corrected chi connectivity index (χ3v) is 4.06. The van der Waals surface area contributed by atoms with Crippen molar-refractivity contribution in [2.45, 2.75) is 25.9 Å². The Balaban J connectivity index is 2.12. The minimum atomic E-state index is -1.19. The molecule has 0 spiro atoms. The monoisotopic (exact) mass is 382 g/mol. The van der Waals surface area contributed by atoms with Gasteiger partial charge in [-0.05, 0) is 23.8 Å². The highest BCUT2D eigenvalue weighted by Crippen LogP contribution is 2.32. The number of rotatable bonds is 5. The maximum Gasteiger partial charge on any atom is 0.334 e. The van der Waals surface area contributed by atoms with Gasteiger partial charge in [0.1, 0.15) is 6.61 Å². The number of aliphatic hydroxyl groups excluding tert-OH is 1. The van der Waals surface area contributed by atoms with Gasteiger partial charge in [-0.15, -0.1) is 0 Å². The largest absolute Gasteiger partial charge is 0.461 e. The molecule has 1 heterocycles. The standard InChI is InChI=1S/C17H19BrO5/c1-11(2)15(20)22-10-17(9-19)8-13(16(21)23-17)7-12-3-5-14(18)6-4-12/h3-7,11,19H,8-10H2,1-2H3/b13-7-. The number of carbonyl (C=O) groups excluding carboxylic acids is 2. The van der Waals surface area contributed by atoms with Crippen molar-refractivity contribution < 1.29 is 24.2 Å². The van der Waals surface area contributed by atoms with Crippen molar-refractivity contribution in [1.29, 1.82) is 0 Å². The Labute approximate surface area is 143 Å². The van der Waals surface area contributed by atoms with Crippen LogP contribution in [0.25, 0.3) is 6.08 Å². The maximum atomic E-state index is 12.0. The van der Waals surface area contributed by atoms with Crippen LogP contribution in [0.3, 0.4) is 0 Å². The van der Waals surface area contributed by atoms with E-state index in [1.807, 2.05) is 24.3 Å². The van der Waals surface area contributed by atoms with Crippen molar-refractivity contribution in [1.82, 2.24) is 0 Å². The number of esters is 2. The van der Waals surface area contributed by atoms with E-state index in [2.05, 4.69) is 15.9 Å². The molecule has 5 nitrogen and oxygen atoms in total. The molecule has 1 unspecified atom stereocenters. The Hall–Kier alpha value is -1.66. The zero-order valence-corrected chi connectivity index (χ0v) is 14.6. The third kappa shape index (κ3) is 4.42. The second-order valence-electron chi connectivity index (χ2n) is 5.89. The Morgan fingerprint density at radius 1 is 1.43 bits per heavy atom. The maximum absolute atomic E-state index is 12.0. The first-order valence-electron chi connectivity index (χ1n) is 7.32. The molecule has 1 atom stereocenters. The van der Waals surface area contributed by atoms with E-state index in [4.69, 9.17) is 9.47 Å². The molecular formula is C17H19BrO5. The van der Waals surface area contributed by atoms with Gasteiger partial charge in [-0.25, -0.2) is 4.79 Å². The Bertz CT molecular complexity index is 620. The topological polar surface area (TPSA) is 72.8 Å². The summed E-state index contributed by atoms with van der Waals surface area (Å²) in [4.78, 5) is 23.6. The van der Waals surface area contributed by atoms with Crippen LogP contribution in [-0.4, -0.2) is 35.9 Å². The molecule has 23 heavy (non-hydrogen) atoms. The van der Waals surface area contributed by atoms with Crippen LogP contribution < -0.4 is 0 Å². The molecule has 0 aliphatic carbocycles. The van der Waals surface area contributed by atoms with Gasteiger partial charge in [-0.3, -0.25) is 4.79 Å². The van der Waals surface area contributed by atoms with Crippen molar-refractivity contribution in [2.75, 3.05) is 13.2 Å². The fourth-order valence-corrected chi connectivity index (χ4v) is 2.44. The van der Waals surface area contributed by atoms with Crippen LogP contribution in [0, 0.1) is 5.92 Å². The highest BCUT2D eigenvalue weighted by molar-refractivity contribution is 9.10. The van der Waals surface area contributed by atoms with E-state index in [1.165, 1.54) is 0 Å². The average molecular weight is 383 g/mol. The SMILES string of the molecule is CC(C)C(=O)OCC1(CO)C/C(=C/c2ccc(Br)cc2)C(=O)O1. The van der Waals surface area contributed by atoms with Crippen LogP contribution in [0.5, 0.6) is 0 Å². The van der Waals surface area contributed by atoms with E-state index >= 15 is 0 Å². The van der Waals surface area contributed by atoms with E-state index in [9.17, 15) is 14.7 Å². The molecule has 0 amide bonds. The molecule has 1 saturated heterocycles. The summed E-state index contributed by atoms with van der Waals surface area (Å²) in [6.45, 7) is 2.88. The number of cyclic esters (lactones) is 1. The first-order valence-corrected chi connectivity index (χ1v) is 8.11. The van der Waals surface area contributed by atoms with Crippen LogP contribution >= 0.6 is 15.9 Å². The number of hydrogen-bond acceptors (Lipinski definition) is 5. The molecule has 1 aromatic rings. The molecule has 0 radical (unpaired) electrons. The fraction of sp³-hybridized carbons (Fsp3) is 0.412. The summed E-state index contributed by atoms with van der Waals surface area (Å²) < 4.78 is 11.4. The number of hydrogen-bond donors (Lipinski definition) is 1. The summed E-state index contributed by atoms with van der Waals surface area (Å²) in [6.07, 6.45) is 1.92. The molecular weight excluding hydrogens is 364 g/mol. The first-order chi connectivity index (χ1) is 10.8. The lowest BCUT2D eigenvalue weighted by atomic mass is 9.98. The van der Waals surface area contributed by atoms with Gasteiger partial charge < -0.3 is 14.6 Å². The quantitative estimate of drug-likeness (QED) is 0.625. The van der Waals surface area contributed by atoms with Gasteiger partial charge in [0.2, 0.25) is 0 Å². The van der Waals surface area contributed by atoms with Crippen LogP contribution in [0.4, 0.5) is 0 Å². The zero-order valence-electron chi connectivity index (χ0n) is 13.0. The average Bonchev–Trinajstić information content (AvgIpc) is 2.84. The molecule has 0 bridgehead atoms. The summed E-state index contributed by atoms with van der Waals surface area (Å²) in [7, 11) is 0. The second-order valence-corrected chi connectivity index (χ2v) is 6.81. The highest BCUT2D eigenvalue weighted by Gasteiger charge is 2.44. The number of ether oxygens (including phenoxy) is 2. The minimum Gasteiger partial charge on any atom is -0.461 e. The van der Waals surface area contributed by atoms with Crippen molar-refractivity contribution in [3.8, 4) is 0 Å². The Morgan fingerprint density at radius 2 is 2.09 bits per heavy atom. The van der Waals surface area contributed by atoms with E-state index in [1.54, 1.807) is 19.9 Å². The zero-order chi connectivity index (χ0) is 17.0. The summed E-state index contributed by atoms with van der Waals surface area (Å²) in [5, 5.41) is 9.60. The van der Waals surface area contributed by atoms with Gasteiger partial charge in [0.05, 0.1) is 12.5 Å². The highest BCUT2D eigenvalue weighted by atomic mass is 79.9. The van der Waals surface area contributed by atoms with E-state index in [0.717, 1.165) is 10.0 Å². The summed E-state index contributed by atoms with van der Waals surface area (Å²) in [6, 6.07) is 7.47. The van der Waals surface area contributed by atoms with Gasteiger partial charge >= 0.3 is 11.9 Å². The van der Waals surface area contributed by atoms with Crippen molar-refractivity contribution in [2.24, 2.45) is 5.92 Å². The van der Waals surface area contributed by atoms with E-state index in [-0.39, 0.29) is 24.9 Å². The number of aliphatic hydroxyl groups is 1. The number of benzene rings is 1. The normalized spacial score (nSPS) is 22.5. The van der Waals surface area contributed by atoms with E-state index < -0.39 is 18.2 Å². The van der Waals surface area contributed by atoms with Gasteiger partial charge in [-0.2, -0.15) is 0 Å².